The van der Waals surface area contributed by atoms with Crippen LogP contribution in [0.2, 0.25) is 0 Å². The maximum absolute atomic E-state index is 5.74. The van der Waals surface area contributed by atoms with Crippen molar-refractivity contribution in [3.8, 4) is 0 Å². The average Bonchev–Trinajstić information content (AvgIpc) is 2.26. The molecule has 1 heterocycles. The lowest BCUT2D eigenvalue weighted by atomic mass is 10.0. The lowest BCUT2D eigenvalue weighted by molar-refractivity contribution is -0.0191. The van der Waals surface area contributed by atoms with Gasteiger partial charge in [0.25, 0.3) is 0 Å². The van der Waals surface area contributed by atoms with E-state index in [1.165, 1.54) is 19.3 Å². The number of rotatable bonds is 7. The second-order valence-corrected chi connectivity index (χ2v) is 5.89. The van der Waals surface area contributed by atoms with E-state index in [1.54, 1.807) is 0 Å². The van der Waals surface area contributed by atoms with Crippen LogP contribution in [0.15, 0.2) is 0 Å². The third-order valence-electron chi connectivity index (χ3n) is 3.45. The summed E-state index contributed by atoms with van der Waals surface area (Å²) in [6.45, 7) is 10.9. The predicted molar refractivity (Wildman–Crippen MR) is 73.4 cm³/mol. The average molecular weight is 242 g/mol. The van der Waals surface area contributed by atoms with Crippen molar-refractivity contribution >= 4 is 0 Å². The summed E-state index contributed by atoms with van der Waals surface area (Å²) in [5.41, 5.74) is 0. The van der Waals surface area contributed by atoms with Crippen LogP contribution in [-0.2, 0) is 4.74 Å². The minimum atomic E-state index is 0.376. The molecule has 3 nitrogen and oxygen atoms in total. The molecule has 1 saturated heterocycles. The highest BCUT2D eigenvalue weighted by Gasteiger charge is 2.17. The van der Waals surface area contributed by atoms with Crippen molar-refractivity contribution in [2.45, 2.75) is 52.2 Å². The Bertz CT molecular complexity index is 197. The van der Waals surface area contributed by atoms with Crippen molar-refractivity contribution in [1.29, 1.82) is 0 Å². The zero-order valence-electron chi connectivity index (χ0n) is 12.0. The summed E-state index contributed by atoms with van der Waals surface area (Å²) < 4.78 is 5.74. The van der Waals surface area contributed by atoms with E-state index in [9.17, 15) is 0 Å². The van der Waals surface area contributed by atoms with Crippen LogP contribution in [0.1, 0.15) is 40.0 Å². The van der Waals surface area contributed by atoms with Gasteiger partial charge in [0.05, 0.1) is 12.7 Å². The van der Waals surface area contributed by atoms with Gasteiger partial charge in [0.1, 0.15) is 0 Å². The summed E-state index contributed by atoms with van der Waals surface area (Å²) in [6.07, 6.45) is 4.33. The van der Waals surface area contributed by atoms with Crippen molar-refractivity contribution < 1.29 is 4.74 Å². The first-order valence-corrected chi connectivity index (χ1v) is 7.11. The van der Waals surface area contributed by atoms with Gasteiger partial charge in [-0.05, 0) is 26.3 Å². The highest BCUT2D eigenvalue weighted by molar-refractivity contribution is 4.73. The van der Waals surface area contributed by atoms with Gasteiger partial charge >= 0.3 is 0 Å². The quantitative estimate of drug-likeness (QED) is 0.740. The molecular weight excluding hydrogens is 212 g/mol. The largest absolute Gasteiger partial charge is 0.374 e. The molecule has 0 aromatic heterocycles. The van der Waals surface area contributed by atoms with Gasteiger partial charge in [-0.2, -0.15) is 0 Å². The number of nitrogens with zero attached hydrogens (tertiary/aromatic N) is 1. The fourth-order valence-electron chi connectivity index (χ4n) is 2.26. The SMILES string of the molecule is CC(C)CCCC(C)NCC1CN(C)CCO1. The fraction of sp³-hybridized carbons (Fsp3) is 1.00. The molecule has 0 saturated carbocycles. The highest BCUT2D eigenvalue weighted by atomic mass is 16.5. The predicted octanol–water partition coefficient (Wildman–Crippen LogP) is 2.12. The standard InChI is InChI=1S/C14H30N2O/c1-12(2)6-5-7-13(3)15-10-14-11-16(4)8-9-17-14/h12-15H,5-11H2,1-4H3. The van der Waals surface area contributed by atoms with E-state index in [2.05, 4.69) is 38.0 Å². The van der Waals surface area contributed by atoms with Crippen molar-refractivity contribution in [2.24, 2.45) is 5.92 Å². The molecule has 1 aliphatic heterocycles. The Morgan fingerprint density at radius 1 is 1.29 bits per heavy atom. The molecule has 1 N–H and O–H groups in total. The summed E-state index contributed by atoms with van der Waals surface area (Å²) in [5.74, 6) is 0.831. The highest BCUT2D eigenvalue weighted by Crippen LogP contribution is 2.08. The molecule has 0 spiro atoms. The molecule has 3 heteroatoms. The summed E-state index contributed by atoms with van der Waals surface area (Å²) >= 11 is 0. The number of hydrogen-bond donors (Lipinski definition) is 1. The van der Waals surface area contributed by atoms with E-state index < -0.39 is 0 Å². The Hall–Kier alpha value is -0.120. The molecular formula is C14H30N2O. The number of morpholine rings is 1. The third-order valence-corrected chi connectivity index (χ3v) is 3.45. The van der Waals surface area contributed by atoms with Crippen LogP contribution >= 0.6 is 0 Å². The van der Waals surface area contributed by atoms with E-state index in [0.29, 0.717) is 12.1 Å². The van der Waals surface area contributed by atoms with Crippen LogP contribution in [0, 0.1) is 5.92 Å². The third kappa shape index (κ3) is 7.02. The minimum Gasteiger partial charge on any atom is -0.374 e. The lowest BCUT2D eigenvalue weighted by Gasteiger charge is -2.31. The van der Waals surface area contributed by atoms with Gasteiger partial charge in [0, 0.05) is 25.7 Å². The molecule has 1 aliphatic rings. The van der Waals surface area contributed by atoms with Gasteiger partial charge in [0.2, 0.25) is 0 Å². The summed E-state index contributed by atoms with van der Waals surface area (Å²) in [4.78, 5) is 2.35. The van der Waals surface area contributed by atoms with E-state index in [-0.39, 0.29) is 0 Å². The molecule has 2 atom stereocenters. The van der Waals surface area contributed by atoms with Crippen LogP contribution in [-0.4, -0.2) is 50.3 Å². The maximum Gasteiger partial charge on any atom is 0.0826 e. The van der Waals surface area contributed by atoms with Crippen molar-refractivity contribution in [3.05, 3.63) is 0 Å². The molecule has 0 aromatic carbocycles. The monoisotopic (exact) mass is 242 g/mol. The van der Waals surface area contributed by atoms with Crippen LogP contribution in [0.3, 0.4) is 0 Å². The summed E-state index contributed by atoms with van der Waals surface area (Å²) in [6, 6.07) is 0.615. The number of ether oxygens (including phenoxy) is 1. The van der Waals surface area contributed by atoms with Crippen molar-refractivity contribution in [2.75, 3.05) is 33.3 Å². The van der Waals surface area contributed by atoms with Crippen molar-refractivity contribution in [3.63, 3.8) is 0 Å². The van der Waals surface area contributed by atoms with Gasteiger partial charge < -0.3 is 15.0 Å². The Balaban J connectivity index is 2.04. The fourth-order valence-corrected chi connectivity index (χ4v) is 2.26. The first kappa shape index (κ1) is 14.9. The van der Waals surface area contributed by atoms with Crippen LogP contribution in [0.5, 0.6) is 0 Å². The molecule has 0 aliphatic carbocycles. The summed E-state index contributed by atoms with van der Waals surface area (Å²) in [5, 5.41) is 3.59. The Labute approximate surface area is 107 Å². The van der Waals surface area contributed by atoms with Crippen molar-refractivity contribution in [1.82, 2.24) is 10.2 Å². The molecule has 102 valence electrons. The molecule has 1 rings (SSSR count). The van der Waals surface area contributed by atoms with Crippen LogP contribution < -0.4 is 5.32 Å². The Morgan fingerprint density at radius 2 is 2.06 bits per heavy atom. The Kier molecular flexibility index (Phi) is 7.09. The second kappa shape index (κ2) is 8.06. The van der Waals surface area contributed by atoms with Gasteiger partial charge in [-0.25, -0.2) is 0 Å². The molecule has 2 unspecified atom stereocenters. The second-order valence-electron chi connectivity index (χ2n) is 5.89. The van der Waals surface area contributed by atoms with Gasteiger partial charge in [-0.1, -0.05) is 26.7 Å². The molecule has 0 aromatic rings. The molecule has 0 bridgehead atoms. The molecule has 0 amide bonds. The minimum absolute atomic E-state index is 0.376. The molecule has 17 heavy (non-hydrogen) atoms. The van der Waals surface area contributed by atoms with Gasteiger partial charge in [-0.3, -0.25) is 0 Å². The lowest BCUT2D eigenvalue weighted by Crippen LogP contribution is -2.46. The van der Waals surface area contributed by atoms with Crippen LogP contribution in [0.4, 0.5) is 0 Å². The number of nitrogens with one attached hydrogen (secondary N) is 1. The van der Waals surface area contributed by atoms with E-state index in [0.717, 1.165) is 32.2 Å². The van der Waals surface area contributed by atoms with E-state index >= 15 is 0 Å². The zero-order chi connectivity index (χ0) is 12.7. The number of hydrogen-bond acceptors (Lipinski definition) is 3. The maximum atomic E-state index is 5.74. The Morgan fingerprint density at radius 3 is 2.71 bits per heavy atom. The van der Waals surface area contributed by atoms with E-state index in [1.807, 2.05) is 0 Å². The normalized spacial score (nSPS) is 24.2. The summed E-state index contributed by atoms with van der Waals surface area (Å²) in [7, 11) is 2.17. The zero-order valence-corrected chi connectivity index (χ0v) is 12.0. The van der Waals surface area contributed by atoms with Crippen LogP contribution in [0.25, 0.3) is 0 Å². The first-order valence-electron chi connectivity index (χ1n) is 7.11. The smallest absolute Gasteiger partial charge is 0.0826 e. The first-order chi connectivity index (χ1) is 8.08. The van der Waals surface area contributed by atoms with Gasteiger partial charge in [-0.15, -0.1) is 0 Å². The van der Waals surface area contributed by atoms with Gasteiger partial charge in [0.15, 0.2) is 0 Å². The topological polar surface area (TPSA) is 24.5 Å². The number of likely N-dealkylation sites (N-methyl/N-ethyl adjacent to an activating group) is 1. The van der Waals surface area contributed by atoms with E-state index in [4.69, 9.17) is 4.74 Å². The molecule has 0 radical (unpaired) electrons. The molecule has 1 fully saturated rings.